The first kappa shape index (κ1) is 48.8. The molecular formula is C25H45N3O22. The Morgan fingerprint density at radius 3 is 1.60 bits per heavy atom. The summed E-state index contributed by atoms with van der Waals surface area (Å²) in [6.07, 6.45) is -10.3. The molecule has 3 heterocycles. The largest absolute Gasteiger partial charge is 0.394 e. The molecule has 25 heteroatoms. The van der Waals surface area contributed by atoms with E-state index in [0.717, 1.165) is 6.29 Å². The minimum atomic E-state index is -1.80. The Balaban J connectivity index is 0. The minimum absolute atomic E-state index is 0.194. The molecule has 3 saturated heterocycles. The van der Waals surface area contributed by atoms with Crippen LogP contribution >= 0.6 is 0 Å². The van der Waals surface area contributed by atoms with E-state index in [0.29, 0.717) is 6.61 Å². The SMILES string of the molecule is CC1(C)OC[C@H](C=O)O1.CC1(C)OC[C@H]([C@@H](O)C[N+](=O)[O-])O1.O=CC=O.O=[N+]([O-])C[C@H](O)[C@H](O)CO.O=[N+]([O-])[C@@H]1[C@@H](O)[C@@H](O)O[C@H](CO)[C@H]1O. The molecule has 3 aliphatic rings. The van der Waals surface area contributed by atoms with Gasteiger partial charge in [0.25, 0.3) is 6.04 Å². The van der Waals surface area contributed by atoms with E-state index in [2.05, 4.69) is 4.74 Å². The molecule has 25 nitrogen and oxygen atoms in total. The lowest BCUT2D eigenvalue weighted by atomic mass is 9.97. The van der Waals surface area contributed by atoms with Gasteiger partial charge < -0.3 is 69.3 Å². The third-order valence-corrected chi connectivity index (χ3v) is 6.11. The molecule has 3 fully saturated rings. The molecular weight excluding hydrogens is 694 g/mol. The predicted octanol–water partition coefficient (Wildman–Crippen LogP) is -5.46. The van der Waals surface area contributed by atoms with Crippen molar-refractivity contribution in [2.75, 3.05) is 39.5 Å². The van der Waals surface area contributed by atoms with E-state index in [1.807, 2.05) is 0 Å². The quantitative estimate of drug-likeness (QED) is 0.0424. The number of hydrogen-bond donors (Lipinski definition) is 8. The molecule has 0 aliphatic carbocycles. The van der Waals surface area contributed by atoms with Crippen molar-refractivity contribution >= 4 is 18.9 Å². The van der Waals surface area contributed by atoms with Crippen LogP contribution in [0.4, 0.5) is 0 Å². The summed E-state index contributed by atoms with van der Waals surface area (Å²) in [4.78, 5) is 55.6. The van der Waals surface area contributed by atoms with Crippen molar-refractivity contribution in [2.45, 2.75) is 100 Å². The smallest absolute Gasteiger partial charge is 0.271 e. The third-order valence-electron chi connectivity index (χ3n) is 6.11. The van der Waals surface area contributed by atoms with E-state index in [9.17, 15) is 45.4 Å². The molecule has 3 rings (SSSR count). The van der Waals surface area contributed by atoms with E-state index in [-0.39, 0.29) is 25.3 Å². The van der Waals surface area contributed by atoms with E-state index in [1.54, 1.807) is 27.7 Å². The number of ether oxygens (including phenoxy) is 5. The zero-order valence-corrected chi connectivity index (χ0v) is 27.4. The molecule has 0 aromatic carbocycles. The lowest BCUT2D eigenvalue weighted by Gasteiger charge is -2.35. The summed E-state index contributed by atoms with van der Waals surface area (Å²) in [6.45, 7) is 4.96. The number of rotatable bonds is 11. The number of carbonyl (C=O) groups excluding carboxylic acids is 3. The van der Waals surface area contributed by atoms with Crippen molar-refractivity contribution in [1.29, 1.82) is 0 Å². The first-order chi connectivity index (χ1) is 23.0. The fraction of sp³-hybridized carbons (Fsp3) is 0.880. The van der Waals surface area contributed by atoms with Crippen LogP contribution in [0.25, 0.3) is 0 Å². The van der Waals surface area contributed by atoms with Gasteiger partial charge in [-0.25, -0.2) is 0 Å². The molecule has 0 radical (unpaired) electrons. The van der Waals surface area contributed by atoms with Crippen molar-refractivity contribution in [1.82, 2.24) is 0 Å². The van der Waals surface area contributed by atoms with Crippen molar-refractivity contribution in [2.24, 2.45) is 0 Å². The van der Waals surface area contributed by atoms with Gasteiger partial charge in [-0.05, 0) is 27.7 Å². The topological polar surface area (TPSA) is 389 Å². The number of hydrogen-bond acceptors (Lipinski definition) is 22. The molecule has 0 unspecified atom stereocenters. The van der Waals surface area contributed by atoms with Crippen LogP contribution in [0.3, 0.4) is 0 Å². The normalized spacial score (nSPS) is 29.2. The van der Waals surface area contributed by atoms with Gasteiger partial charge >= 0.3 is 0 Å². The van der Waals surface area contributed by atoms with Crippen molar-refractivity contribution in [3.05, 3.63) is 30.3 Å². The Kier molecular flexibility index (Phi) is 23.4. The second-order valence-corrected chi connectivity index (χ2v) is 11.1. The van der Waals surface area contributed by atoms with Crippen LogP contribution in [-0.4, -0.2) is 187 Å². The zero-order chi connectivity index (χ0) is 39.4. The maximum Gasteiger partial charge on any atom is 0.271 e. The highest BCUT2D eigenvalue weighted by Crippen LogP contribution is 2.24. The standard InChI is InChI=1S/C7H13NO5.C6H11NO7.C6H10O3.C4H9NO5.C2H2O2/c1-7(2)12-4-6(13-7)5(9)3-8(10)11;8-1-2-4(9)3(7(12)13)5(10)6(11)14-2;1-6(2)8-4-5(3-7)9-6;6-2-4(8)3(7)1-5(9)10;3-1-2-4/h5-6,9H,3-4H2,1-2H3;2-6,8-11H,1H2;3,5H,4H2,1-2H3;3-4,6-8H,1-2H2;1-2H/t5-,6+;2-,3+,4-,5-,6+;5-;3-,4+;/m0100./s1. The Labute approximate surface area is 283 Å². The molecule has 3 aliphatic heterocycles. The van der Waals surface area contributed by atoms with E-state index in [4.69, 9.17) is 59.2 Å². The fourth-order valence-corrected chi connectivity index (χ4v) is 3.69. The van der Waals surface area contributed by atoms with Crippen LogP contribution in [0.15, 0.2) is 0 Å². The summed E-state index contributed by atoms with van der Waals surface area (Å²) < 4.78 is 25.1. The molecule has 0 spiro atoms. The van der Waals surface area contributed by atoms with Gasteiger partial charge in [0.05, 0.1) is 26.4 Å². The summed E-state index contributed by atoms with van der Waals surface area (Å²) in [5.41, 5.74) is 0. The highest BCUT2D eigenvalue weighted by atomic mass is 16.8. The molecule has 10 atom stereocenters. The minimum Gasteiger partial charge on any atom is -0.394 e. The van der Waals surface area contributed by atoms with E-state index < -0.39 is 108 Å². The molecule has 0 amide bonds. The number of aliphatic hydroxyl groups is 8. The van der Waals surface area contributed by atoms with Gasteiger partial charge in [0, 0.05) is 14.8 Å². The van der Waals surface area contributed by atoms with Crippen molar-refractivity contribution < 1.29 is 93.7 Å². The second-order valence-electron chi connectivity index (χ2n) is 11.1. The molecule has 292 valence electrons. The van der Waals surface area contributed by atoms with Gasteiger partial charge in [-0.1, -0.05) is 0 Å². The lowest BCUT2D eigenvalue weighted by molar-refractivity contribution is -0.564. The highest BCUT2D eigenvalue weighted by molar-refractivity contribution is 6.09. The molecule has 8 N–H and O–H groups in total. The first-order valence-electron chi connectivity index (χ1n) is 14.3. The zero-order valence-electron chi connectivity index (χ0n) is 27.4. The number of nitro groups is 3. The summed E-state index contributed by atoms with van der Waals surface area (Å²) in [6, 6.07) is -1.75. The monoisotopic (exact) mass is 739 g/mol. The van der Waals surface area contributed by atoms with Crippen LogP contribution < -0.4 is 0 Å². The Bertz CT molecular complexity index is 1040. The van der Waals surface area contributed by atoms with E-state index in [1.165, 1.54) is 0 Å². The third kappa shape index (κ3) is 19.8. The number of aldehydes is 3. The lowest BCUT2D eigenvalue weighted by Crippen LogP contribution is -2.61. The summed E-state index contributed by atoms with van der Waals surface area (Å²) in [5.74, 6) is -1.31. The maximum absolute atomic E-state index is 10.4. The fourth-order valence-electron chi connectivity index (χ4n) is 3.69. The van der Waals surface area contributed by atoms with Crippen LogP contribution in [0.1, 0.15) is 27.7 Å². The Morgan fingerprint density at radius 2 is 1.28 bits per heavy atom. The average Bonchev–Trinajstić information content (AvgIpc) is 3.58. The van der Waals surface area contributed by atoms with Crippen LogP contribution in [0.5, 0.6) is 0 Å². The molecule has 0 aromatic rings. The molecule has 0 aromatic heterocycles. The Hall–Kier alpha value is -3.31. The van der Waals surface area contributed by atoms with Crippen LogP contribution in [0, 0.1) is 30.3 Å². The summed E-state index contributed by atoms with van der Waals surface area (Å²) in [5, 5.41) is 101. The van der Waals surface area contributed by atoms with Crippen molar-refractivity contribution in [3.8, 4) is 0 Å². The summed E-state index contributed by atoms with van der Waals surface area (Å²) in [7, 11) is 0. The van der Waals surface area contributed by atoms with E-state index >= 15 is 0 Å². The number of nitrogens with zero attached hydrogens (tertiary/aromatic N) is 3. The second kappa shape index (κ2) is 24.0. The number of aliphatic hydroxyl groups excluding tert-OH is 8. The predicted molar refractivity (Wildman–Crippen MR) is 158 cm³/mol. The van der Waals surface area contributed by atoms with Crippen LogP contribution in [0.2, 0.25) is 0 Å². The van der Waals surface area contributed by atoms with Gasteiger partial charge in [0.2, 0.25) is 13.1 Å². The highest BCUT2D eigenvalue weighted by Gasteiger charge is 2.51. The molecule has 50 heavy (non-hydrogen) atoms. The Morgan fingerprint density at radius 1 is 0.780 bits per heavy atom. The summed E-state index contributed by atoms with van der Waals surface area (Å²) >= 11 is 0. The van der Waals surface area contributed by atoms with Crippen LogP contribution in [-0.2, 0) is 38.1 Å². The van der Waals surface area contributed by atoms with Gasteiger partial charge in [0.15, 0.2) is 48.9 Å². The van der Waals surface area contributed by atoms with Gasteiger partial charge in [-0.3, -0.25) is 39.9 Å². The maximum atomic E-state index is 10.4. The first-order valence-corrected chi connectivity index (χ1v) is 14.3. The van der Waals surface area contributed by atoms with Gasteiger partial charge in [-0.15, -0.1) is 0 Å². The van der Waals surface area contributed by atoms with Crippen molar-refractivity contribution in [3.63, 3.8) is 0 Å². The number of carbonyl (C=O) groups is 3. The van der Waals surface area contributed by atoms with Gasteiger partial charge in [-0.2, -0.15) is 0 Å². The van der Waals surface area contributed by atoms with Gasteiger partial charge in [0.1, 0.15) is 36.6 Å². The molecule has 0 saturated carbocycles. The molecule has 0 bridgehead atoms. The average molecular weight is 740 g/mol.